The Morgan fingerprint density at radius 1 is 1.00 bits per heavy atom. The number of rotatable bonds is 4. The molecule has 7 nitrogen and oxygen atoms in total. The second kappa shape index (κ2) is 6.64. The van der Waals surface area contributed by atoms with Crippen LogP contribution >= 0.6 is 0 Å². The fraction of sp³-hybridized carbons (Fsp3) is 0.0526. The smallest absolute Gasteiger partial charge is 0.272 e. The minimum atomic E-state index is -0.409. The summed E-state index contributed by atoms with van der Waals surface area (Å²) < 4.78 is 0. The van der Waals surface area contributed by atoms with E-state index in [2.05, 4.69) is 25.8 Å². The van der Waals surface area contributed by atoms with Crippen molar-refractivity contribution in [3.63, 3.8) is 0 Å². The lowest BCUT2D eigenvalue weighted by Gasteiger charge is -2.08. The molecule has 0 spiro atoms. The first-order chi connectivity index (χ1) is 12.7. The summed E-state index contributed by atoms with van der Waals surface area (Å²) >= 11 is 0. The van der Waals surface area contributed by atoms with Gasteiger partial charge in [-0.05, 0) is 18.2 Å². The maximum atomic E-state index is 12.3. The van der Waals surface area contributed by atoms with Crippen molar-refractivity contribution < 1.29 is 9.59 Å². The van der Waals surface area contributed by atoms with Gasteiger partial charge in [0.25, 0.3) is 5.91 Å². The molecular formula is C19H15N5O2. The zero-order valence-corrected chi connectivity index (χ0v) is 13.7. The number of aromatic nitrogens is 3. The molecule has 0 aliphatic carbocycles. The predicted octanol–water partition coefficient (Wildman–Crippen LogP) is 2.48. The summed E-state index contributed by atoms with van der Waals surface area (Å²) in [7, 11) is 0. The van der Waals surface area contributed by atoms with Crippen LogP contribution in [0.5, 0.6) is 0 Å². The molecule has 7 heteroatoms. The number of nitrogens with one attached hydrogen (secondary N) is 3. The van der Waals surface area contributed by atoms with Crippen LogP contribution in [0.25, 0.3) is 21.8 Å². The molecular weight excluding hydrogens is 330 g/mol. The molecule has 0 saturated heterocycles. The number of para-hydroxylation sites is 2. The number of carbonyl (C=O) groups excluding carboxylic acids is 2. The van der Waals surface area contributed by atoms with Crippen LogP contribution in [0.4, 0.5) is 5.69 Å². The van der Waals surface area contributed by atoms with Crippen molar-refractivity contribution in [1.29, 1.82) is 0 Å². The molecule has 0 aliphatic heterocycles. The van der Waals surface area contributed by atoms with E-state index in [1.54, 1.807) is 18.3 Å². The van der Waals surface area contributed by atoms with E-state index < -0.39 is 5.91 Å². The van der Waals surface area contributed by atoms with E-state index in [1.165, 1.54) is 0 Å². The number of amides is 2. The monoisotopic (exact) mass is 345 g/mol. The first kappa shape index (κ1) is 15.8. The third kappa shape index (κ3) is 2.98. The lowest BCUT2D eigenvalue weighted by atomic mass is 10.2. The lowest BCUT2D eigenvalue weighted by Crippen LogP contribution is -2.33. The summed E-state index contributed by atoms with van der Waals surface area (Å²) in [6.45, 7) is -0.163. The highest BCUT2D eigenvalue weighted by atomic mass is 16.2. The van der Waals surface area contributed by atoms with Crippen molar-refractivity contribution in [3.05, 3.63) is 66.5 Å². The average Bonchev–Trinajstić information content (AvgIpc) is 3.11. The molecule has 128 valence electrons. The van der Waals surface area contributed by atoms with Gasteiger partial charge in [0.15, 0.2) is 5.69 Å². The van der Waals surface area contributed by atoms with Gasteiger partial charge in [0.1, 0.15) is 0 Å². The third-order valence-electron chi connectivity index (χ3n) is 4.00. The summed E-state index contributed by atoms with van der Waals surface area (Å²) in [6.07, 6.45) is 1.67. The summed E-state index contributed by atoms with van der Waals surface area (Å²) in [5.41, 5.74) is 2.34. The van der Waals surface area contributed by atoms with Crippen LogP contribution in [-0.4, -0.2) is 33.5 Å². The molecule has 4 aromatic rings. The van der Waals surface area contributed by atoms with Crippen LogP contribution in [0, 0.1) is 0 Å². The van der Waals surface area contributed by atoms with E-state index in [1.807, 2.05) is 42.5 Å². The van der Waals surface area contributed by atoms with Crippen molar-refractivity contribution in [3.8, 4) is 0 Å². The summed E-state index contributed by atoms with van der Waals surface area (Å²) in [6, 6.07) is 16.6. The Morgan fingerprint density at radius 2 is 1.85 bits per heavy atom. The van der Waals surface area contributed by atoms with Gasteiger partial charge in [-0.3, -0.25) is 19.7 Å². The first-order valence-corrected chi connectivity index (χ1v) is 8.07. The fourth-order valence-electron chi connectivity index (χ4n) is 2.78. The van der Waals surface area contributed by atoms with Gasteiger partial charge >= 0.3 is 0 Å². The highest BCUT2D eigenvalue weighted by molar-refractivity contribution is 6.07. The fourth-order valence-corrected chi connectivity index (χ4v) is 2.78. The molecule has 2 heterocycles. The van der Waals surface area contributed by atoms with Crippen LogP contribution in [0.2, 0.25) is 0 Å². The normalized spacial score (nSPS) is 10.8. The van der Waals surface area contributed by atoms with Gasteiger partial charge in [-0.25, -0.2) is 0 Å². The molecule has 2 amide bonds. The average molecular weight is 345 g/mol. The van der Waals surface area contributed by atoms with E-state index in [0.29, 0.717) is 16.6 Å². The van der Waals surface area contributed by atoms with Crippen LogP contribution in [0.15, 0.2) is 60.8 Å². The van der Waals surface area contributed by atoms with Crippen LogP contribution < -0.4 is 10.6 Å². The zero-order chi connectivity index (χ0) is 17.9. The van der Waals surface area contributed by atoms with E-state index in [-0.39, 0.29) is 18.1 Å². The van der Waals surface area contributed by atoms with E-state index in [0.717, 1.165) is 10.9 Å². The highest BCUT2D eigenvalue weighted by Crippen LogP contribution is 2.20. The number of fused-ring (bicyclic) bond motifs is 2. The number of carbonyl (C=O) groups is 2. The van der Waals surface area contributed by atoms with Gasteiger partial charge in [-0.2, -0.15) is 5.10 Å². The molecule has 2 aromatic heterocycles. The Labute approximate surface area is 148 Å². The number of nitrogens with zero attached hydrogens (tertiary/aromatic N) is 2. The predicted molar refractivity (Wildman–Crippen MR) is 98.8 cm³/mol. The van der Waals surface area contributed by atoms with E-state index in [4.69, 9.17) is 0 Å². The highest BCUT2D eigenvalue weighted by Gasteiger charge is 2.15. The first-order valence-electron chi connectivity index (χ1n) is 8.07. The van der Waals surface area contributed by atoms with Crippen molar-refractivity contribution >= 4 is 39.3 Å². The van der Waals surface area contributed by atoms with Crippen molar-refractivity contribution in [2.45, 2.75) is 0 Å². The number of hydrogen-bond donors (Lipinski definition) is 3. The number of hydrogen-bond acceptors (Lipinski definition) is 4. The van der Waals surface area contributed by atoms with Crippen LogP contribution in [-0.2, 0) is 4.79 Å². The largest absolute Gasteiger partial charge is 0.342 e. The lowest BCUT2D eigenvalue weighted by molar-refractivity contribution is -0.115. The van der Waals surface area contributed by atoms with Crippen LogP contribution in [0.3, 0.4) is 0 Å². The number of anilines is 1. The Bertz CT molecular complexity index is 1110. The van der Waals surface area contributed by atoms with Gasteiger partial charge in [-0.15, -0.1) is 0 Å². The Balaban J connectivity index is 1.44. The molecule has 0 aliphatic rings. The van der Waals surface area contributed by atoms with Crippen molar-refractivity contribution in [2.24, 2.45) is 0 Å². The second-order valence-electron chi connectivity index (χ2n) is 5.73. The van der Waals surface area contributed by atoms with Crippen molar-refractivity contribution in [1.82, 2.24) is 20.5 Å². The molecule has 4 rings (SSSR count). The molecule has 0 bridgehead atoms. The molecule has 26 heavy (non-hydrogen) atoms. The topological polar surface area (TPSA) is 99.8 Å². The summed E-state index contributed by atoms with van der Waals surface area (Å²) in [5.74, 6) is -0.745. The quantitative estimate of drug-likeness (QED) is 0.529. The molecule has 0 unspecified atom stereocenters. The standard InChI is InChI=1S/C19H15N5O2/c25-16(22-15-9-3-5-12-6-4-10-20-17(12)15)11-21-19(26)18-13-7-1-2-8-14(13)23-24-18/h1-10H,11H2,(H,21,26)(H,22,25)(H,23,24). The Morgan fingerprint density at radius 3 is 2.77 bits per heavy atom. The van der Waals surface area contributed by atoms with Gasteiger partial charge in [0, 0.05) is 17.0 Å². The zero-order valence-electron chi connectivity index (χ0n) is 13.7. The Hall–Kier alpha value is -3.74. The maximum Gasteiger partial charge on any atom is 0.272 e. The number of pyridine rings is 1. The second-order valence-corrected chi connectivity index (χ2v) is 5.73. The SMILES string of the molecule is O=C(CNC(=O)c1n[nH]c2ccccc12)Nc1cccc2cccnc12. The Kier molecular flexibility index (Phi) is 4.03. The summed E-state index contributed by atoms with van der Waals surface area (Å²) in [5, 5.41) is 13.8. The number of benzene rings is 2. The molecule has 2 aromatic carbocycles. The van der Waals surface area contributed by atoms with Gasteiger partial charge in [0.05, 0.1) is 23.3 Å². The number of aromatic amines is 1. The number of H-pyrrole nitrogens is 1. The maximum absolute atomic E-state index is 12.3. The molecule has 0 saturated carbocycles. The summed E-state index contributed by atoms with van der Waals surface area (Å²) in [4.78, 5) is 28.8. The van der Waals surface area contributed by atoms with Crippen LogP contribution in [0.1, 0.15) is 10.5 Å². The minimum absolute atomic E-state index is 0.163. The minimum Gasteiger partial charge on any atom is -0.342 e. The third-order valence-corrected chi connectivity index (χ3v) is 4.00. The van der Waals surface area contributed by atoms with Crippen molar-refractivity contribution in [2.75, 3.05) is 11.9 Å². The van der Waals surface area contributed by atoms with Gasteiger partial charge in [-0.1, -0.05) is 36.4 Å². The van der Waals surface area contributed by atoms with Gasteiger partial charge < -0.3 is 10.6 Å². The van der Waals surface area contributed by atoms with E-state index >= 15 is 0 Å². The molecule has 3 N–H and O–H groups in total. The molecule has 0 fully saturated rings. The van der Waals surface area contributed by atoms with E-state index in [9.17, 15) is 9.59 Å². The molecule has 0 atom stereocenters. The molecule has 0 radical (unpaired) electrons. The van der Waals surface area contributed by atoms with Gasteiger partial charge in [0.2, 0.25) is 5.91 Å².